The van der Waals surface area contributed by atoms with Crippen LogP contribution in [0.4, 0.5) is 5.82 Å². The number of nitrogens with two attached hydrogens (primary N) is 1. The molecule has 0 aliphatic carbocycles. The van der Waals surface area contributed by atoms with Crippen LogP contribution in [-0.4, -0.2) is 103 Å². The first kappa shape index (κ1) is 32.4. The molecule has 4 rings (SSSR count). The number of β-amino-alcohol motifs (C(OH)–C–C–N with tert-alkyl or cyclic N) is 1. The van der Waals surface area contributed by atoms with E-state index in [4.69, 9.17) is 15.2 Å². The van der Waals surface area contributed by atoms with Gasteiger partial charge in [-0.25, -0.2) is 9.36 Å². The second kappa shape index (κ2) is 14.3. The number of benzene rings is 1. The first-order valence-corrected chi connectivity index (χ1v) is 14.6. The summed E-state index contributed by atoms with van der Waals surface area (Å²) in [5, 5.41) is 19.5. The highest BCUT2D eigenvalue weighted by Gasteiger charge is 2.37. The van der Waals surface area contributed by atoms with Gasteiger partial charge in [0.2, 0.25) is 5.91 Å². The second-order valence-corrected chi connectivity index (χ2v) is 10.8. The van der Waals surface area contributed by atoms with Gasteiger partial charge in [-0.3, -0.25) is 19.3 Å². The maximum absolute atomic E-state index is 13.4. The number of anilines is 1. The molecule has 3 heterocycles. The highest BCUT2D eigenvalue weighted by Crippen LogP contribution is 2.25. The number of carbonyl (C=O) groups is 3. The smallest absolute Gasteiger partial charge is 0.332 e. The average Bonchev–Trinajstić information content (AvgIpc) is 3.52. The number of unbranched alkanes of at least 4 members (excludes halogenated alkanes) is 1. The first-order valence-electron chi connectivity index (χ1n) is 14.6. The van der Waals surface area contributed by atoms with Crippen molar-refractivity contribution in [3.05, 3.63) is 39.8 Å². The SMILES string of the molecule is CCCCOc1nc(N)c2[nH]c(=O)n(-c3cc(CN(CCC)C(=O)CN4C[C@H](O)C[C@H]4C(=O)O)ccc3CC(=O)OC)c2n1. The number of likely N-dealkylation sites (tertiary alicyclic amines) is 1. The quantitative estimate of drug-likeness (QED) is 0.147. The fraction of sp³-hybridized carbons (Fsp3) is 0.517. The third kappa shape index (κ3) is 7.34. The Hall–Kier alpha value is -4.50. The number of hydrogen-bond acceptors (Lipinski definition) is 11. The number of methoxy groups -OCH3 is 1. The number of aromatic nitrogens is 4. The molecule has 1 saturated heterocycles. The molecule has 15 heteroatoms. The Balaban J connectivity index is 1.72. The van der Waals surface area contributed by atoms with Crippen LogP contribution in [0.5, 0.6) is 6.01 Å². The molecule has 2 atom stereocenters. The lowest BCUT2D eigenvalue weighted by molar-refractivity contribution is -0.143. The monoisotopic (exact) mass is 613 g/mol. The minimum atomic E-state index is -1.09. The fourth-order valence-electron chi connectivity index (χ4n) is 5.24. The van der Waals surface area contributed by atoms with Crippen molar-refractivity contribution in [3.63, 3.8) is 0 Å². The Morgan fingerprint density at radius 2 is 1.98 bits per heavy atom. The maximum atomic E-state index is 13.4. The minimum absolute atomic E-state index is 0.00767. The van der Waals surface area contributed by atoms with Gasteiger partial charge < -0.3 is 35.3 Å². The molecule has 0 unspecified atom stereocenters. The van der Waals surface area contributed by atoms with Crippen molar-refractivity contribution in [2.24, 2.45) is 0 Å². The van der Waals surface area contributed by atoms with E-state index in [0.29, 0.717) is 36.4 Å². The van der Waals surface area contributed by atoms with Crippen molar-refractivity contribution in [1.29, 1.82) is 0 Å². The molecule has 0 bridgehead atoms. The average molecular weight is 614 g/mol. The summed E-state index contributed by atoms with van der Waals surface area (Å²) in [6.45, 7) is 4.76. The zero-order chi connectivity index (χ0) is 32.0. The Kier molecular flexibility index (Phi) is 10.5. The molecular weight excluding hydrogens is 574 g/mol. The van der Waals surface area contributed by atoms with Crippen LogP contribution in [0.3, 0.4) is 0 Å². The van der Waals surface area contributed by atoms with E-state index >= 15 is 0 Å². The standard InChI is InChI=1S/C29H39N7O8/c1-4-6-10-44-28-32-25(30)24-26(33-28)36(29(42)31-24)20-11-17(7-8-18(20)12-23(39)43-3)14-34(9-5-2)22(38)16-35-15-19(37)13-21(35)27(40)41/h7-8,11,19,21,37H,4-6,9-10,12-16H2,1-3H3,(H,31,42)(H,40,41)(H2,30,32,33)/t19-,21+/m1/s1. The molecule has 1 fully saturated rings. The van der Waals surface area contributed by atoms with E-state index in [-0.39, 0.29) is 61.4 Å². The summed E-state index contributed by atoms with van der Waals surface area (Å²) in [6, 6.07) is 4.19. The highest BCUT2D eigenvalue weighted by molar-refractivity contribution is 5.84. The summed E-state index contributed by atoms with van der Waals surface area (Å²) >= 11 is 0. The molecule has 0 spiro atoms. The predicted octanol–water partition coefficient (Wildman–Crippen LogP) is 0.844. The van der Waals surface area contributed by atoms with Crippen molar-refractivity contribution in [1.82, 2.24) is 29.3 Å². The Bertz CT molecular complexity index is 1570. The van der Waals surface area contributed by atoms with E-state index < -0.39 is 29.8 Å². The number of aromatic amines is 1. The number of ether oxygens (including phenoxy) is 2. The number of hydrogen-bond donors (Lipinski definition) is 4. The van der Waals surface area contributed by atoms with Crippen molar-refractivity contribution in [3.8, 4) is 11.7 Å². The third-order valence-corrected chi connectivity index (χ3v) is 7.45. The third-order valence-electron chi connectivity index (χ3n) is 7.45. The number of aliphatic hydroxyl groups excluding tert-OH is 1. The zero-order valence-electron chi connectivity index (χ0n) is 25.1. The number of nitrogens with zero attached hydrogens (tertiary/aromatic N) is 5. The number of aliphatic carboxylic acids is 1. The van der Waals surface area contributed by atoms with Crippen LogP contribution in [0.25, 0.3) is 16.9 Å². The zero-order valence-corrected chi connectivity index (χ0v) is 25.1. The lowest BCUT2D eigenvalue weighted by Gasteiger charge is -2.27. The molecule has 1 aromatic carbocycles. The molecule has 1 aliphatic heterocycles. The number of H-pyrrole nitrogens is 1. The van der Waals surface area contributed by atoms with Crippen molar-refractivity contribution >= 4 is 34.8 Å². The summed E-state index contributed by atoms with van der Waals surface area (Å²) < 4.78 is 11.8. The lowest BCUT2D eigenvalue weighted by atomic mass is 10.0. The molecule has 2 aromatic heterocycles. The van der Waals surface area contributed by atoms with Gasteiger partial charge in [0.05, 0.1) is 38.5 Å². The lowest BCUT2D eigenvalue weighted by Crippen LogP contribution is -2.44. The summed E-state index contributed by atoms with van der Waals surface area (Å²) in [7, 11) is 1.27. The number of aliphatic hydroxyl groups is 1. The van der Waals surface area contributed by atoms with Gasteiger partial charge in [-0.1, -0.05) is 32.4 Å². The van der Waals surface area contributed by atoms with Gasteiger partial charge in [0.1, 0.15) is 11.6 Å². The van der Waals surface area contributed by atoms with Crippen molar-refractivity contribution in [2.45, 2.75) is 64.6 Å². The predicted molar refractivity (Wildman–Crippen MR) is 159 cm³/mol. The second-order valence-electron chi connectivity index (χ2n) is 10.8. The van der Waals surface area contributed by atoms with E-state index in [0.717, 1.165) is 12.8 Å². The molecule has 0 radical (unpaired) electrons. The van der Waals surface area contributed by atoms with Crippen molar-refractivity contribution < 1.29 is 34.1 Å². The van der Waals surface area contributed by atoms with Crippen LogP contribution in [0.2, 0.25) is 0 Å². The number of esters is 1. The van der Waals surface area contributed by atoms with E-state index in [2.05, 4.69) is 15.0 Å². The Morgan fingerprint density at radius 3 is 2.66 bits per heavy atom. The van der Waals surface area contributed by atoms with Gasteiger partial charge >= 0.3 is 23.6 Å². The van der Waals surface area contributed by atoms with Crippen LogP contribution in [0.15, 0.2) is 23.0 Å². The number of carbonyl (C=O) groups excluding carboxylic acids is 2. The number of amides is 1. The van der Waals surface area contributed by atoms with E-state index in [1.807, 2.05) is 13.8 Å². The number of carboxylic acids is 1. The number of rotatable bonds is 14. The largest absolute Gasteiger partial charge is 0.480 e. The van der Waals surface area contributed by atoms with Crippen LogP contribution in [-0.2, 0) is 32.1 Å². The highest BCUT2D eigenvalue weighted by atomic mass is 16.5. The summed E-state index contributed by atoms with van der Waals surface area (Å²) in [5.74, 6) is -1.89. The normalized spacial score (nSPS) is 16.7. The minimum Gasteiger partial charge on any atom is -0.480 e. The fourth-order valence-corrected chi connectivity index (χ4v) is 5.24. The molecular formula is C29H39N7O8. The maximum Gasteiger partial charge on any atom is 0.332 e. The number of fused-ring (bicyclic) bond motifs is 1. The van der Waals surface area contributed by atoms with E-state index in [9.17, 15) is 29.4 Å². The summed E-state index contributed by atoms with van der Waals surface area (Å²) in [5.41, 5.74) is 7.39. The topological polar surface area (TPSA) is 206 Å². The Labute approximate surface area is 253 Å². The van der Waals surface area contributed by atoms with Gasteiger partial charge in [-0.15, -0.1) is 0 Å². The van der Waals surface area contributed by atoms with Gasteiger partial charge in [0.15, 0.2) is 11.5 Å². The number of imidazole rings is 1. The van der Waals surface area contributed by atoms with E-state index in [1.165, 1.54) is 16.6 Å². The van der Waals surface area contributed by atoms with Crippen LogP contribution in [0, 0.1) is 0 Å². The van der Waals surface area contributed by atoms with E-state index in [1.54, 1.807) is 23.1 Å². The van der Waals surface area contributed by atoms with Gasteiger partial charge in [-0.2, -0.15) is 9.97 Å². The summed E-state index contributed by atoms with van der Waals surface area (Å²) in [6.07, 6.45) is 1.40. The molecule has 1 aliphatic rings. The molecule has 3 aromatic rings. The molecule has 15 nitrogen and oxygen atoms in total. The first-order chi connectivity index (χ1) is 21.1. The molecule has 1 amide bonds. The number of nitrogen functional groups attached to an aromatic ring is 1. The van der Waals surface area contributed by atoms with Crippen LogP contribution < -0.4 is 16.2 Å². The number of nitrogens with one attached hydrogen (secondary N) is 1. The summed E-state index contributed by atoms with van der Waals surface area (Å²) in [4.78, 5) is 65.0. The molecule has 238 valence electrons. The van der Waals surface area contributed by atoms with Gasteiger partial charge in [0.25, 0.3) is 0 Å². The molecule has 44 heavy (non-hydrogen) atoms. The Morgan fingerprint density at radius 1 is 1.20 bits per heavy atom. The molecule has 5 N–H and O–H groups in total. The van der Waals surface area contributed by atoms with Gasteiger partial charge in [0, 0.05) is 26.1 Å². The van der Waals surface area contributed by atoms with Gasteiger partial charge in [-0.05, 0) is 30.0 Å². The van der Waals surface area contributed by atoms with Crippen LogP contribution >= 0.6 is 0 Å². The van der Waals surface area contributed by atoms with Crippen molar-refractivity contribution in [2.75, 3.05) is 39.1 Å². The number of carboxylic acid groups (broad SMARTS) is 1. The molecule has 0 saturated carbocycles. The van der Waals surface area contributed by atoms with Crippen LogP contribution in [0.1, 0.15) is 50.7 Å².